The van der Waals surface area contributed by atoms with Crippen LogP contribution in [0.25, 0.3) is 0 Å². The molecule has 3 atom stereocenters. The fraction of sp³-hybridized carbons (Fsp3) is 0.615. The van der Waals surface area contributed by atoms with Gasteiger partial charge in [0, 0.05) is 17.8 Å². The molecule has 2 nitrogen and oxygen atoms in total. The van der Waals surface area contributed by atoms with E-state index in [1.54, 1.807) is 0 Å². The minimum Gasteiger partial charge on any atom is -0.393 e. The number of nitrogens with zero attached hydrogens (tertiary/aromatic N) is 1. The monoisotopic (exact) mass is 205 g/mol. The fourth-order valence-electron chi connectivity index (χ4n) is 2.59. The third-order valence-electron chi connectivity index (χ3n) is 3.58. The summed E-state index contributed by atoms with van der Waals surface area (Å²) in [6.45, 7) is 2.18. The van der Waals surface area contributed by atoms with E-state index < -0.39 is 0 Å². The Kier molecular flexibility index (Phi) is 3.37. The second-order valence-electron chi connectivity index (χ2n) is 4.56. The fourth-order valence-corrected chi connectivity index (χ4v) is 2.59. The van der Waals surface area contributed by atoms with Crippen LogP contribution in [0.5, 0.6) is 0 Å². The Bertz CT molecular complexity index is 299. The van der Waals surface area contributed by atoms with Gasteiger partial charge in [0.25, 0.3) is 0 Å². The van der Waals surface area contributed by atoms with Crippen LogP contribution in [0.3, 0.4) is 0 Å². The molecule has 2 rings (SSSR count). The van der Waals surface area contributed by atoms with Crippen molar-refractivity contribution in [3.05, 3.63) is 30.1 Å². The maximum Gasteiger partial charge on any atom is 0.0574 e. The SMILES string of the molecule is CC(c1ccccn1)C1CCCCC1O. The third-order valence-corrected chi connectivity index (χ3v) is 3.58. The van der Waals surface area contributed by atoms with Gasteiger partial charge in [0.15, 0.2) is 0 Å². The molecule has 1 aromatic rings. The highest BCUT2D eigenvalue weighted by molar-refractivity contribution is 5.10. The number of aliphatic hydroxyl groups is 1. The number of hydrogen-bond acceptors (Lipinski definition) is 2. The topological polar surface area (TPSA) is 33.1 Å². The van der Waals surface area contributed by atoms with E-state index in [1.807, 2.05) is 18.3 Å². The molecule has 0 spiro atoms. The van der Waals surface area contributed by atoms with Crippen LogP contribution in [0.4, 0.5) is 0 Å². The standard InChI is InChI=1S/C13H19NO/c1-10(12-7-4-5-9-14-12)11-6-2-3-8-13(11)15/h4-5,7,9-11,13,15H,2-3,6,8H2,1H3. The highest BCUT2D eigenvalue weighted by Crippen LogP contribution is 2.34. The Balaban J connectivity index is 2.09. The molecule has 1 aliphatic rings. The Labute approximate surface area is 91.4 Å². The van der Waals surface area contributed by atoms with Gasteiger partial charge >= 0.3 is 0 Å². The molecule has 0 aliphatic heterocycles. The van der Waals surface area contributed by atoms with Gasteiger partial charge in [-0.3, -0.25) is 4.98 Å². The molecule has 1 saturated carbocycles. The van der Waals surface area contributed by atoms with E-state index in [0.29, 0.717) is 11.8 Å². The van der Waals surface area contributed by atoms with Crippen LogP contribution in [0, 0.1) is 5.92 Å². The van der Waals surface area contributed by atoms with Crippen molar-refractivity contribution in [2.45, 2.75) is 44.6 Å². The number of rotatable bonds is 2. The van der Waals surface area contributed by atoms with Crippen LogP contribution in [-0.4, -0.2) is 16.2 Å². The van der Waals surface area contributed by atoms with Crippen molar-refractivity contribution < 1.29 is 5.11 Å². The predicted molar refractivity (Wildman–Crippen MR) is 60.6 cm³/mol. The first-order chi connectivity index (χ1) is 7.29. The molecule has 15 heavy (non-hydrogen) atoms. The molecule has 3 unspecified atom stereocenters. The molecule has 1 aromatic heterocycles. The van der Waals surface area contributed by atoms with Crippen LogP contribution in [0.1, 0.15) is 44.2 Å². The van der Waals surface area contributed by atoms with Crippen molar-refractivity contribution >= 4 is 0 Å². The quantitative estimate of drug-likeness (QED) is 0.805. The first-order valence-corrected chi connectivity index (χ1v) is 5.88. The van der Waals surface area contributed by atoms with Gasteiger partial charge in [-0.2, -0.15) is 0 Å². The molecule has 1 fully saturated rings. The van der Waals surface area contributed by atoms with Gasteiger partial charge in [-0.15, -0.1) is 0 Å². The van der Waals surface area contributed by atoms with E-state index in [1.165, 1.54) is 12.8 Å². The van der Waals surface area contributed by atoms with Crippen molar-refractivity contribution in [3.63, 3.8) is 0 Å². The van der Waals surface area contributed by atoms with Crippen LogP contribution in [0.2, 0.25) is 0 Å². The van der Waals surface area contributed by atoms with E-state index >= 15 is 0 Å². The lowest BCUT2D eigenvalue weighted by Crippen LogP contribution is -2.29. The predicted octanol–water partition coefficient (Wildman–Crippen LogP) is 2.74. The molecule has 0 radical (unpaired) electrons. The van der Waals surface area contributed by atoms with Gasteiger partial charge in [0.2, 0.25) is 0 Å². The lowest BCUT2D eigenvalue weighted by molar-refractivity contribution is 0.0572. The van der Waals surface area contributed by atoms with E-state index in [2.05, 4.69) is 18.0 Å². The lowest BCUT2D eigenvalue weighted by atomic mass is 9.77. The largest absolute Gasteiger partial charge is 0.393 e. The highest BCUT2D eigenvalue weighted by Gasteiger charge is 2.29. The number of hydrogen-bond donors (Lipinski definition) is 1. The molecule has 0 bridgehead atoms. The van der Waals surface area contributed by atoms with Crippen molar-refractivity contribution in [2.24, 2.45) is 5.92 Å². The summed E-state index contributed by atoms with van der Waals surface area (Å²) < 4.78 is 0. The summed E-state index contributed by atoms with van der Waals surface area (Å²) in [5.74, 6) is 0.773. The molecule has 1 N–H and O–H groups in total. The van der Waals surface area contributed by atoms with Crippen molar-refractivity contribution in [1.29, 1.82) is 0 Å². The number of pyridine rings is 1. The van der Waals surface area contributed by atoms with Gasteiger partial charge < -0.3 is 5.11 Å². The van der Waals surface area contributed by atoms with Crippen LogP contribution >= 0.6 is 0 Å². The van der Waals surface area contributed by atoms with Crippen LogP contribution in [-0.2, 0) is 0 Å². The Hall–Kier alpha value is -0.890. The molecule has 0 saturated heterocycles. The summed E-state index contributed by atoms with van der Waals surface area (Å²) in [6.07, 6.45) is 6.23. The summed E-state index contributed by atoms with van der Waals surface area (Å²) in [4.78, 5) is 4.38. The second kappa shape index (κ2) is 4.75. The van der Waals surface area contributed by atoms with E-state index in [4.69, 9.17) is 0 Å². The third kappa shape index (κ3) is 2.37. The zero-order valence-corrected chi connectivity index (χ0v) is 9.26. The smallest absolute Gasteiger partial charge is 0.0574 e. The maximum atomic E-state index is 9.97. The minimum atomic E-state index is -0.129. The Morgan fingerprint density at radius 2 is 2.13 bits per heavy atom. The average Bonchev–Trinajstić information content (AvgIpc) is 2.30. The van der Waals surface area contributed by atoms with Gasteiger partial charge in [-0.1, -0.05) is 25.8 Å². The summed E-state index contributed by atoms with van der Waals surface area (Å²) in [5.41, 5.74) is 1.11. The Morgan fingerprint density at radius 3 is 2.80 bits per heavy atom. The van der Waals surface area contributed by atoms with E-state index in [0.717, 1.165) is 18.5 Å². The summed E-state index contributed by atoms with van der Waals surface area (Å²) in [6, 6.07) is 6.02. The van der Waals surface area contributed by atoms with Crippen molar-refractivity contribution in [2.75, 3.05) is 0 Å². The highest BCUT2D eigenvalue weighted by atomic mass is 16.3. The molecule has 2 heteroatoms. The minimum absolute atomic E-state index is 0.129. The van der Waals surface area contributed by atoms with Crippen molar-refractivity contribution in [3.8, 4) is 0 Å². The van der Waals surface area contributed by atoms with Crippen LogP contribution < -0.4 is 0 Å². The Morgan fingerprint density at radius 1 is 1.33 bits per heavy atom. The average molecular weight is 205 g/mol. The van der Waals surface area contributed by atoms with Gasteiger partial charge in [0.05, 0.1) is 6.10 Å². The molecule has 1 heterocycles. The number of aromatic nitrogens is 1. The van der Waals surface area contributed by atoms with Gasteiger partial charge in [-0.25, -0.2) is 0 Å². The number of aliphatic hydroxyl groups excluding tert-OH is 1. The summed E-state index contributed by atoms with van der Waals surface area (Å²) >= 11 is 0. The van der Waals surface area contributed by atoms with Crippen molar-refractivity contribution in [1.82, 2.24) is 4.98 Å². The molecule has 0 aromatic carbocycles. The maximum absolute atomic E-state index is 9.97. The lowest BCUT2D eigenvalue weighted by Gasteiger charge is -2.32. The zero-order valence-electron chi connectivity index (χ0n) is 9.26. The molecular weight excluding hydrogens is 186 g/mol. The summed E-state index contributed by atoms with van der Waals surface area (Å²) in [7, 11) is 0. The molecule has 82 valence electrons. The first-order valence-electron chi connectivity index (χ1n) is 5.88. The molecule has 0 amide bonds. The molecular formula is C13H19NO. The van der Waals surface area contributed by atoms with E-state index in [9.17, 15) is 5.11 Å². The summed E-state index contributed by atoms with van der Waals surface area (Å²) in [5, 5.41) is 9.97. The normalized spacial score (nSPS) is 28.7. The van der Waals surface area contributed by atoms with E-state index in [-0.39, 0.29) is 6.10 Å². The second-order valence-corrected chi connectivity index (χ2v) is 4.56. The first kappa shape index (κ1) is 10.6. The molecule has 1 aliphatic carbocycles. The van der Waals surface area contributed by atoms with Gasteiger partial charge in [-0.05, 0) is 30.9 Å². The van der Waals surface area contributed by atoms with Crippen LogP contribution in [0.15, 0.2) is 24.4 Å². The zero-order chi connectivity index (χ0) is 10.7. The van der Waals surface area contributed by atoms with Gasteiger partial charge in [0.1, 0.15) is 0 Å².